The lowest BCUT2D eigenvalue weighted by Crippen LogP contribution is -2.43. The van der Waals surface area contributed by atoms with Crippen molar-refractivity contribution in [2.24, 2.45) is 5.73 Å². The van der Waals surface area contributed by atoms with Crippen LogP contribution in [0.5, 0.6) is 0 Å². The van der Waals surface area contributed by atoms with Crippen LogP contribution in [0.25, 0.3) is 10.6 Å². The summed E-state index contributed by atoms with van der Waals surface area (Å²) < 4.78 is 4.71. The fourth-order valence-electron chi connectivity index (χ4n) is 3.76. The van der Waals surface area contributed by atoms with E-state index in [9.17, 15) is 14.4 Å². The molecule has 1 aliphatic rings. The smallest absolute Gasteiger partial charge is 0.337 e. The van der Waals surface area contributed by atoms with Gasteiger partial charge in [0.15, 0.2) is 5.69 Å². The van der Waals surface area contributed by atoms with Crippen LogP contribution in [-0.2, 0) is 11.3 Å². The summed E-state index contributed by atoms with van der Waals surface area (Å²) in [5.41, 5.74) is 8.18. The fourth-order valence-corrected chi connectivity index (χ4v) is 4.73. The van der Waals surface area contributed by atoms with Crippen molar-refractivity contribution < 1.29 is 19.1 Å². The van der Waals surface area contributed by atoms with Gasteiger partial charge in [0.2, 0.25) is 0 Å². The Kier molecular flexibility index (Phi) is 7.54. The first kappa shape index (κ1) is 24.5. The number of methoxy groups -OCH3 is 1. The Hall–Kier alpha value is -3.60. The second-order valence-electron chi connectivity index (χ2n) is 8.36. The summed E-state index contributed by atoms with van der Waals surface area (Å²) >= 11 is 1.14. The number of hydrogen-bond acceptors (Lipinski definition) is 8. The highest BCUT2D eigenvalue weighted by Crippen LogP contribution is 2.32. The first-order valence-corrected chi connectivity index (χ1v) is 12.0. The number of carbonyl (C=O) groups is 3. The van der Waals surface area contributed by atoms with E-state index < -0.39 is 11.9 Å². The number of nitrogens with two attached hydrogens (primary N) is 1. The Bertz CT molecular complexity index is 1220. The van der Waals surface area contributed by atoms with E-state index in [4.69, 9.17) is 10.5 Å². The predicted octanol–water partition coefficient (Wildman–Crippen LogP) is 2.70. The zero-order chi connectivity index (χ0) is 24.9. The van der Waals surface area contributed by atoms with Gasteiger partial charge in [-0.2, -0.15) is 0 Å². The van der Waals surface area contributed by atoms with Gasteiger partial charge in [0, 0.05) is 43.9 Å². The monoisotopic (exact) mass is 493 g/mol. The van der Waals surface area contributed by atoms with E-state index >= 15 is 0 Å². The van der Waals surface area contributed by atoms with Crippen LogP contribution >= 0.6 is 11.3 Å². The number of carbonyl (C=O) groups excluding carboxylic acids is 3. The molecule has 3 aromatic rings. The van der Waals surface area contributed by atoms with Crippen molar-refractivity contribution in [2.45, 2.75) is 6.54 Å². The number of hydrogen-bond donors (Lipinski definition) is 2. The van der Waals surface area contributed by atoms with Gasteiger partial charge in [0.25, 0.3) is 11.8 Å². The van der Waals surface area contributed by atoms with E-state index in [0.29, 0.717) is 21.7 Å². The molecule has 35 heavy (non-hydrogen) atoms. The molecule has 0 saturated carbocycles. The Labute approximate surface area is 207 Å². The quantitative estimate of drug-likeness (QED) is 0.486. The van der Waals surface area contributed by atoms with Crippen LogP contribution in [0.1, 0.15) is 36.8 Å². The van der Waals surface area contributed by atoms with Gasteiger partial charge in [-0.1, -0.05) is 35.6 Å². The molecule has 9 nitrogen and oxygen atoms in total. The van der Waals surface area contributed by atoms with Crippen LogP contribution in [0.2, 0.25) is 0 Å². The Morgan fingerprint density at radius 1 is 1.00 bits per heavy atom. The van der Waals surface area contributed by atoms with Crippen LogP contribution in [0.3, 0.4) is 0 Å². The predicted molar refractivity (Wildman–Crippen MR) is 135 cm³/mol. The number of rotatable bonds is 7. The Morgan fingerprint density at radius 2 is 1.63 bits per heavy atom. The molecule has 0 unspecified atom stereocenters. The van der Waals surface area contributed by atoms with Gasteiger partial charge in [-0.05, 0) is 36.9 Å². The van der Waals surface area contributed by atoms with Crippen LogP contribution in [0.4, 0.5) is 5.00 Å². The average Bonchev–Trinajstić information content (AvgIpc) is 3.29. The second-order valence-corrected chi connectivity index (χ2v) is 9.36. The molecule has 3 N–H and O–H groups in total. The SMILES string of the molecule is COC(=O)c1ccc(-c2nc(C(N)=O)c(NC(=O)c3ccc(CN4CCN(C)CC4)cc3)s2)cc1. The van der Waals surface area contributed by atoms with E-state index in [1.165, 1.54) is 7.11 Å². The summed E-state index contributed by atoms with van der Waals surface area (Å²) in [5, 5.41) is 3.54. The minimum absolute atomic E-state index is 0.0120. The Morgan fingerprint density at radius 3 is 2.23 bits per heavy atom. The number of likely N-dealkylation sites (N-methyl/N-ethyl adjacent to an activating group) is 1. The van der Waals surface area contributed by atoms with Gasteiger partial charge in [-0.15, -0.1) is 0 Å². The number of ether oxygens (including phenoxy) is 1. The maximum Gasteiger partial charge on any atom is 0.337 e. The zero-order valence-corrected chi connectivity index (χ0v) is 20.4. The Balaban J connectivity index is 1.46. The van der Waals surface area contributed by atoms with Crippen LogP contribution in [-0.4, -0.2) is 72.9 Å². The minimum Gasteiger partial charge on any atom is -0.465 e. The molecule has 182 valence electrons. The fraction of sp³-hybridized carbons (Fsp3) is 0.280. The molecule has 0 bridgehead atoms. The van der Waals surface area contributed by atoms with Crippen molar-refractivity contribution in [3.05, 3.63) is 70.9 Å². The lowest BCUT2D eigenvalue weighted by atomic mass is 10.1. The van der Waals surface area contributed by atoms with Crippen LogP contribution < -0.4 is 11.1 Å². The number of nitrogens with zero attached hydrogens (tertiary/aromatic N) is 3. The van der Waals surface area contributed by atoms with Gasteiger partial charge in [0.05, 0.1) is 12.7 Å². The van der Waals surface area contributed by atoms with Crippen molar-refractivity contribution in [1.82, 2.24) is 14.8 Å². The number of aromatic nitrogens is 1. The molecule has 2 aromatic carbocycles. The molecule has 1 aromatic heterocycles. The molecule has 1 aliphatic heterocycles. The number of esters is 1. The van der Waals surface area contributed by atoms with Crippen molar-refractivity contribution >= 4 is 34.1 Å². The summed E-state index contributed by atoms with van der Waals surface area (Å²) in [4.78, 5) is 45.5. The minimum atomic E-state index is -0.739. The maximum atomic E-state index is 12.9. The first-order valence-electron chi connectivity index (χ1n) is 11.1. The molecule has 0 radical (unpaired) electrons. The van der Waals surface area contributed by atoms with Crippen LogP contribution in [0.15, 0.2) is 48.5 Å². The number of benzene rings is 2. The van der Waals surface area contributed by atoms with Gasteiger partial charge in [-0.3, -0.25) is 14.5 Å². The molecule has 1 fully saturated rings. The van der Waals surface area contributed by atoms with E-state index in [0.717, 1.165) is 49.6 Å². The van der Waals surface area contributed by atoms with Crippen molar-refractivity contribution in [3.63, 3.8) is 0 Å². The highest BCUT2D eigenvalue weighted by atomic mass is 32.1. The molecular weight excluding hydrogens is 466 g/mol. The van der Waals surface area contributed by atoms with Crippen LogP contribution in [0, 0.1) is 0 Å². The number of piperazine rings is 1. The van der Waals surface area contributed by atoms with Gasteiger partial charge in [-0.25, -0.2) is 9.78 Å². The van der Waals surface area contributed by atoms with E-state index in [1.807, 2.05) is 12.1 Å². The topological polar surface area (TPSA) is 118 Å². The number of primary amides is 1. The van der Waals surface area contributed by atoms with Gasteiger partial charge < -0.3 is 20.7 Å². The van der Waals surface area contributed by atoms with E-state index in [1.54, 1.807) is 36.4 Å². The average molecular weight is 494 g/mol. The molecule has 0 aliphatic carbocycles. The normalized spacial score (nSPS) is 14.5. The highest BCUT2D eigenvalue weighted by Gasteiger charge is 2.20. The summed E-state index contributed by atoms with van der Waals surface area (Å²) in [7, 11) is 3.44. The molecule has 2 heterocycles. The number of nitrogens with one attached hydrogen (secondary N) is 1. The molecule has 4 rings (SSSR count). The summed E-state index contributed by atoms with van der Waals surface area (Å²) in [6.45, 7) is 4.99. The number of anilines is 1. The maximum absolute atomic E-state index is 12.9. The number of amides is 2. The van der Waals surface area contributed by atoms with Crippen molar-refractivity contribution in [2.75, 3.05) is 45.7 Å². The lowest BCUT2D eigenvalue weighted by molar-refractivity contribution is 0.0600. The first-order chi connectivity index (χ1) is 16.8. The molecular formula is C25H27N5O4S. The zero-order valence-electron chi connectivity index (χ0n) is 19.6. The third kappa shape index (κ3) is 5.91. The van der Waals surface area contributed by atoms with Gasteiger partial charge in [0.1, 0.15) is 10.0 Å². The number of thiazole rings is 1. The largest absolute Gasteiger partial charge is 0.465 e. The lowest BCUT2D eigenvalue weighted by Gasteiger charge is -2.32. The van der Waals surface area contributed by atoms with E-state index in [-0.39, 0.29) is 16.6 Å². The molecule has 1 saturated heterocycles. The molecule has 2 amide bonds. The third-order valence-corrected chi connectivity index (χ3v) is 6.88. The highest BCUT2D eigenvalue weighted by molar-refractivity contribution is 7.19. The van der Waals surface area contributed by atoms with Crippen molar-refractivity contribution in [3.8, 4) is 10.6 Å². The summed E-state index contributed by atoms with van der Waals surface area (Å²) in [6.07, 6.45) is 0. The molecule has 10 heteroatoms. The summed E-state index contributed by atoms with van der Waals surface area (Å²) in [5.74, 6) is -1.54. The second kappa shape index (κ2) is 10.8. The van der Waals surface area contributed by atoms with Gasteiger partial charge >= 0.3 is 5.97 Å². The standard InChI is InChI=1S/C25H27N5O4S/c1-29-11-13-30(14-12-29)15-16-3-5-17(6-4-16)22(32)28-24-20(21(26)31)27-23(35-24)18-7-9-19(10-8-18)25(33)34-2/h3-10H,11-15H2,1-2H3,(H2,26,31)(H,28,32). The van der Waals surface area contributed by atoms with Crippen molar-refractivity contribution in [1.29, 1.82) is 0 Å². The summed E-state index contributed by atoms with van der Waals surface area (Å²) in [6, 6.07) is 14.0. The molecule has 0 spiro atoms. The third-order valence-electron chi connectivity index (χ3n) is 5.86. The molecule has 0 atom stereocenters. The van der Waals surface area contributed by atoms with E-state index in [2.05, 4.69) is 27.1 Å².